The maximum absolute atomic E-state index is 12.5. The molecule has 1 saturated heterocycles. The second-order valence-electron chi connectivity index (χ2n) is 8.12. The molecule has 152 valence electrons. The van der Waals surface area contributed by atoms with Gasteiger partial charge in [0.15, 0.2) is 0 Å². The highest BCUT2D eigenvalue weighted by Crippen LogP contribution is 2.38. The van der Waals surface area contributed by atoms with E-state index in [0.29, 0.717) is 5.69 Å². The summed E-state index contributed by atoms with van der Waals surface area (Å²) in [6.07, 6.45) is 3.73. The minimum Gasteiger partial charge on any atom is -0.326 e. The van der Waals surface area contributed by atoms with Gasteiger partial charge in [0, 0.05) is 35.7 Å². The third kappa shape index (κ3) is 3.71. The van der Waals surface area contributed by atoms with Crippen molar-refractivity contribution in [3.63, 3.8) is 0 Å². The quantitative estimate of drug-likeness (QED) is 0.789. The molecule has 1 aliphatic heterocycles. The summed E-state index contributed by atoms with van der Waals surface area (Å²) in [5, 5.41) is 2.86. The van der Waals surface area contributed by atoms with Crippen LogP contribution in [0.1, 0.15) is 43.5 Å². The third-order valence-corrected chi connectivity index (χ3v) is 6.18. The zero-order valence-corrected chi connectivity index (χ0v) is 17.0. The van der Waals surface area contributed by atoms with Crippen LogP contribution in [0.5, 0.6) is 0 Å². The largest absolute Gasteiger partial charge is 0.326 e. The maximum Gasteiger partial charge on any atom is 0.233 e. The van der Waals surface area contributed by atoms with Crippen molar-refractivity contribution in [2.75, 3.05) is 11.9 Å². The van der Waals surface area contributed by atoms with Gasteiger partial charge >= 0.3 is 0 Å². The summed E-state index contributed by atoms with van der Waals surface area (Å²) in [7, 11) is 0. The molecule has 2 atom stereocenters. The van der Waals surface area contributed by atoms with Gasteiger partial charge in [0.05, 0.1) is 11.8 Å². The van der Waals surface area contributed by atoms with Gasteiger partial charge in [-0.15, -0.1) is 0 Å². The fraction of sp³-hybridized carbons (Fsp3) is 0.435. The number of aromatic nitrogens is 1. The van der Waals surface area contributed by atoms with Gasteiger partial charge in [0.1, 0.15) is 0 Å². The van der Waals surface area contributed by atoms with Crippen molar-refractivity contribution < 1.29 is 14.4 Å². The van der Waals surface area contributed by atoms with Crippen molar-refractivity contribution in [2.24, 2.45) is 11.8 Å². The van der Waals surface area contributed by atoms with Crippen LogP contribution in [0.4, 0.5) is 5.69 Å². The number of likely N-dealkylation sites (tertiary alicyclic amines) is 1. The fourth-order valence-corrected chi connectivity index (χ4v) is 4.66. The van der Waals surface area contributed by atoms with Gasteiger partial charge in [-0.2, -0.15) is 0 Å². The molecule has 2 fully saturated rings. The average molecular weight is 393 g/mol. The van der Waals surface area contributed by atoms with Crippen molar-refractivity contribution in [3.8, 4) is 5.69 Å². The van der Waals surface area contributed by atoms with Gasteiger partial charge in [0.25, 0.3) is 0 Å². The molecule has 1 saturated carbocycles. The van der Waals surface area contributed by atoms with E-state index in [0.717, 1.165) is 42.8 Å². The van der Waals surface area contributed by atoms with Crippen LogP contribution < -0.4 is 5.32 Å². The smallest absolute Gasteiger partial charge is 0.233 e. The number of nitrogens with zero attached hydrogens (tertiary/aromatic N) is 2. The Kier molecular flexibility index (Phi) is 5.26. The molecule has 0 bridgehead atoms. The number of carbonyl (C=O) groups is 3. The summed E-state index contributed by atoms with van der Waals surface area (Å²) in [6, 6.07) is 11.8. The summed E-state index contributed by atoms with van der Waals surface area (Å²) in [5.41, 5.74) is 4.05. The molecule has 1 N–H and O–H groups in total. The Labute approximate surface area is 170 Å². The van der Waals surface area contributed by atoms with Crippen LogP contribution in [-0.2, 0) is 14.4 Å². The molecule has 2 aromatic rings. The Morgan fingerprint density at radius 2 is 1.48 bits per heavy atom. The standard InChI is InChI=1S/C23H27N3O3/c1-15-7-8-16(2)26(15)18-11-9-17(10-12-18)24-21(27)13-14-25-22(28)19-5-3-4-6-20(19)23(25)29/h7-12,19-20H,3-6,13-14H2,1-2H3,(H,24,27)/t19-,20+. The molecule has 0 radical (unpaired) electrons. The number of nitrogens with one attached hydrogen (secondary N) is 1. The first kappa shape index (κ1) is 19.4. The van der Waals surface area contributed by atoms with E-state index in [2.05, 4.69) is 35.9 Å². The Bertz CT molecular complexity index is 901. The van der Waals surface area contributed by atoms with Gasteiger partial charge < -0.3 is 9.88 Å². The summed E-state index contributed by atoms with van der Waals surface area (Å²) in [6.45, 7) is 4.27. The molecule has 6 nitrogen and oxygen atoms in total. The van der Waals surface area contributed by atoms with E-state index in [1.54, 1.807) is 0 Å². The van der Waals surface area contributed by atoms with Crippen LogP contribution in [0.3, 0.4) is 0 Å². The average Bonchev–Trinajstić information content (AvgIpc) is 3.18. The maximum atomic E-state index is 12.5. The van der Waals surface area contributed by atoms with Gasteiger partial charge in [-0.3, -0.25) is 19.3 Å². The van der Waals surface area contributed by atoms with Gasteiger partial charge in [-0.25, -0.2) is 0 Å². The second-order valence-corrected chi connectivity index (χ2v) is 8.12. The molecular weight excluding hydrogens is 366 g/mol. The highest BCUT2D eigenvalue weighted by atomic mass is 16.2. The van der Waals surface area contributed by atoms with Gasteiger partial charge in [0.2, 0.25) is 17.7 Å². The number of anilines is 1. The van der Waals surface area contributed by atoms with Gasteiger partial charge in [-0.05, 0) is 63.1 Å². The van der Waals surface area contributed by atoms with Crippen LogP contribution >= 0.6 is 0 Å². The lowest BCUT2D eigenvalue weighted by molar-refractivity contribution is -0.140. The zero-order chi connectivity index (χ0) is 20.5. The highest BCUT2D eigenvalue weighted by Gasteiger charge is 2.47. The normalized spacial score (nSPS) is 21.4. The molecule has 29 heavy (non-hydrogen) atoms. The lowest BCUT2D eigenvalue weighted by Crippen LogP contribution is -2.34. The van der Waals surface area contributed by atoms with E-state index in [1.165, 1.54) is 4.90 Å². The molecule has 0 unspecified atom stereocenters. The third-order valence-electron chi connectivity index (χ3n) is 6.18. The van der Waals surface area contributed by atoms with Crippen LogP contribution in [0.15, 0.2) is 36.4 Å². The van der Waals surface area contributed by atoms with E-state index in [4.69, 9.17) is 0 Å². The van der Waals surface area contributed by atoms with E-state index < -0.39 is 0 Å². The van der Waals surface area contributed by atoms with Crippen LogP contribution in [-0.4, -0.2) is 33.7 Å². The number of amides is 3. The van der Waals surface area contributed by atoms with Crippen LogP contribution in [0.2, 0.25) is 0 Å². The van der Waals surface area contributed by atoms with Crippen molar-refractivity contribution in [1.29, 1.82) is 0 Å². The first-order chi connectivity index (χ1) is 14.0. The minimum absolute atomic E-state index is 0.0886. The van der Waals surface area contributed by atoms with E-state index in [1.807, 2.05) is 24.3 Å². The summed E-state index contributed by atoms with van der Waals surface area (Å²) < 4.78 is 2.15. The topological polar surface area (TPSA) is 71.4 Å². The molecule has 1 aliphatic carbocycles. The highest BCUT2D eigenvalue weighted by molar-refractivity contribution is 6.05. The Morgan fingerprint density at radius 3 is 2.03 bits per heavy atom. The number of carbonyl (C=O) groups excluding carboxylic acids is 3. The molecule has 4 rings (SSSR count). The van der Waals surface area contributed by atoms with Crippen LogP contribution in [0, 0.1) is 25.7 Å². The number of fused-ring (bicyclic) bond motifs is 1. The van der Waals surface area contributed by atoms with E-state index >= 15 is 0 Å². The number of hydrogen-bond donors (Lipinski definition) is 1. The lowest BCUT2D eigenvalue weighted by atomic mass is 9.81. The minimum atomic E-state index is -0.193. The van der Waals surface area contributed by atoms with Crippen molar-refractivity contribution in [1.82, 2.24) is 9.47 Å². The first-order valence-corrected chi connectivity index (χ1v) is 10.4. The molecule has 6 heteroatoms. The van der Waals surface area contributed by atoms with Crippen LogP contribution in [0.25, 0.3) is 5.69 Å². The summed E-state index contributed by atoms with van der Waals surface area (Å²) >= 11 is 0. The number of rotatable bonds is 5. The molecule has 0 spiro atoms. The van der Waals surface area contributed by atoms with E-state index in [-0.39, 0.29) is 42.5 Å². The monoisotopic (exact) mass is 393 g/mol. The fourth-order valence-electron chi connectivity index (χ4n) is 4.66. The van der Waals surface area contributed by atoms with Crippen molar-refractivity contribution >= 4 is 23.4 Å². The Balaban J connectivity index is 1.34. The predicted molar refractivity (Wildman–Crippen MR) is 111 cm³/mol. The zero-order valence-electron chi connectivity index (χ0n) is 17.0. The molecule has 2 heterocycles. The van der Waals surface area contributed by atoms with Gasteiger partial charge in [-0.1, -0.05) is 12.8 Å². The molecule has 2 aliphatic rings. The Morgan fingerprint density at radius 1 is 0.931 bits per heavy atom. The molecule has 1 aromatic heterocycles. The summed E-state index contributed by atoms with van der Waals surface area (Å²) in [4.78, 5) is 38.7. The van der Waals surface area contributed by atoms with E-state index in [9.17, 15) is 14.4 Å². The first-order valence-electron chi connectivity index (χ1n) is 10.4. The molecule has 1 aromatic carbocycles. The number of benzene rings is 1. The number of aryl methyl sites for hydroxylation is 2. The number of hydrogen-bond acceptors (Lipinski definition) is 3. The summed E-state index contributed by atoms with van der Waals surface area (Å²) in [5.74, 6) is -0.690. The van der Waals surface area contributed by atoms with Crippen molar-refractivity contribution in [3.05, 3.63) is 47.8 Å². The number of imide groups is 1. The molecular formula is C23H27N3O3. The SMILES string of the molecule is Cc1ccc(C)n1-c1ccc(NC(=O)CCN2C(=O)[C@H]3CCCC[C@H]3C2=O)cc1. The molecule has 3 amide bonds. The second kappa shape index (κ2) is 7.85. The van der Waals surface area contributed by atoms with Crippen molar-refractivity contribution in [2.45, 2.75) is 46.0 Å². The predicted octanol–water partition coefficient (Wildman–Crippen LogP) is 3.60. The Hall–Kier alpha value is -2.89. The lowest BCUT2D eigenvalue weighted by Gasteiger charge is -2.19.